The molecule has 0 unspecified atom stereocenters. The SMILES string of the molecule is CN(C)CCCNCc1nn(Cc2ccc(Cl)cc2Cl)nc1-c1ccccc1. The Kier molecular flexibility index (Phi) is 7.45. The second-order valence-electron chi connectivity index (χ2n) is 6.96. The molecule has 0 saturated carbocycles. The molecule has 1 aromatic heterocycles. The fraction of sp³-hybridized carbons (Fsp3) is 0.333. The lowest BCUT2D eigenvalue weighted by Gasteiger charge is -2.09. The monoisotopic (exact) mass is 417 g/mol. The van der Waals surface area contributed by atoms with Crippen molar-refractivity contribution < 1.29 is 0 Å². The number of hydrogen-bond donors (Lipinski definition) is 1. The van der Waals surface area contributed by atoms with Crippen molar-refractivity contribution >= 4 is 23.2 Å². The van der Waals surface area contributed by atoms with Crippen LogP contribution in [0, 0.1) is 0 Å². The quantitative estimate of drug-likeness (QED) is 0.525. The zero-order valence-electron chi connectivity index (χ0n) is 16.2. The Morgan fingerprint density at radius 2 is 1.82 bits per heavy atom. The van der Waals surface area contributed by atoms with Crippen LogP contribution >= 0.6 is 23.2 Å². The van der Waals surface area contributed by atoms with Crippen LogP contribution in [0.3, 0.4) is 0 Å². The van der Waals surface area contributed by atoms with Gasteiger partial charge < -0.3 is 10.2 Å². The fourth-order valence-electron chi connectivity index (χ4n) is 2.92. The highest BCUT2D eigenvalue weighted by molar-refractivity contribution is 6.35. The molecule has 0 aliphatic carbocycles. The van der Waals surface area contributed by atoms with Gasteiger partial charge in [0.1, 0.15) is 11.4 Å². The summed E-state index contributed by atoms with van der Waals surface area (Å²) in [6.07, 6.45) is 1.09. The van der Waals surface area contributed by atoms with Crippen molar-refractivity contribution in [1.82, 2.24) is 25.2 Å². The van der Waals surface area contributed by atoms with E-state index in [4.69, 9.17) is 33.4 Å². The van der Waals surface area contributed by atoms with Crippen molar-refractivity contribution in [3.63, 3.8) is 0 Å². The van der Waals surface area contributed by atoms with E-state index >= 15 is 0 Å². The highest BCUT2D eigenvalue weighted by atomic mass is 35.5. The average molecular weight is 418 g/mol. The Balaban J connectivity index is 1.77. The average Bonchev–Trinajstić information content (AvgIpc) is 3.07. The van der Waals surface area contributed by atoms with Gasteiger partial charge in [0, 0.05) is 22.2 Å². The summed E-state index contributed by atoms with van der Waals surface area (Å²) in [7, 11) is 4.17. The minimum atomic E-state index is 0.496. The van der Waals surface area contributed by atoms with E-state index in [0.29, 0.717) is 23.1 Å². The molecule has 0 fully saturated rings. The fourth-order valence-corrected chi connectivity index (χ4v) is 3.39. The summed E-state index contributed by atoms with van der Waals surface area (Å²) in [4.78, 5) is 3.89. The predicted molar refractivity (Wildman–Crippen MR) is 116 cm³/mol. The Morgan fingerprint density at radius 1 is 1.04 bits per heavy atom. The maximum Gasteiger partial charge on any atom is 0.117 e. The van der Waals surface area contributed by atoms with Gasteiger partial charge in [-0.25, -0.2) is 0 Å². The van der Waals surface area contributed by atoms with Gasteiger partial charge in [-0.15, -0.1) is 0 Å². The summed E-state index contributed by atoms with van der Waals surface area (Å²) in [5, 5.41) is 14.2. The number of aromatic nitrogens is 3. The number of hydrogen-bond acceptors (Lipinski definition) is 4. The van der Waals surface area contributed by atoms with Crippen molar-refractivity contribution in [1.29, 1.82) is 0 Å². The molecule has 148 valence electrons. The highest BCUT2D eigenvalue weighted by Gasteiger charge is 2.14. The predicted octanol–water partition coefficient (Wildman–Crippen LogP) is 4.34. The molecule has 0 aliphatic heterocycles. The minimum Gasteiger partial charge on any atom is -0.311 e. The van der Waals surface area contributed by atoms with Gasteiger partial charge in [0.15, 0.2) is 0 Å². The molecule has 0 atom stereocenters. The molecule has 0 bridgehead atoms. The third-order valence-electron chi connectivity index (χ3n) is 4.35. The van der Waals surface area contributed by atoms with Gasteiger partial charge in [-0.2, -0.15) is 15.0 Å². The van der Waals surface area contributed by atoms with Crippen molar-refractivity contribution in [3.8, 4) is 11.3 Å². The second-order valence-corrected chi connectivity index (χ2v) is 7.80. The molecular weight excluding hydrogens is 393 g/mol. The topological polar surface area (TPSA) is 46.0 Å². The molecule has 0 aliphatic rings. The van der Waals surface area contributed by atoms with Crippen LogP contribution in [0.4, 0.5) is 0 Å². The van der Waals surface area contributed by atoms with Gasteiger partial charge in [-0.05, 0) is 51.3 Å². The molecule has 0 radical (unpaired) electrons. The van der Waals surface area contributed by atoms with Crippen LogP contribution in [0.2, 0.25) is 10.0 Å². The van der Waals surface area contributed by atoms with Crippen molar-refractivity contribution in [2.24, 2.45) is 0 Å². The maximum atomic E-state index is 6.32. The summed E-state index contributed by atoms with van der Waals surface area (Å²) in [5.41, 5.74) is 3.82. The van der Waals surface area contributed by atoms with E-state index < -0.39 is 0 Å². The molecular formula is C21H25Cl2N5. The molecule has 0 amide bonds. The molecule has 5 nitrogen and oxygen atoms in total. The van der Waals surface area contributed by atoms with E-state index in [1.165, 1.54) is 0 Å². The Morgan fingerprint density at radius 3 is 2.54 bits per heavy atom. The first kappa shape index (κ1) is 20.8. The first-order chi connectivity index (χ1) is 13.5. The maximum absolute atomic E-state index is 6.32. The van der Waals surface area contributed by atoms with Crippen molar-refractivity contribution in [2.75, 3.05) is 27.2 Å². The molecule has 3 rings (SSSR count). The summed E-state index contributed by atoms with van der Waals surface area (Å²) in [5.74, 6) is 0. The smallest absolute Gasteiger partial charge is 0.117 e. The van der Waals surface area contributed by atoms with E-state index in [9.17, 15) is 0 Å². The second kappa shape index (κ2) is 10.0. The van der Waals surface area contributed by atoms with Crippen molar-refractivity contribution in [3.05, 3.63) is 69.8 Å². The zero-order chi connectivity index (χ0) is 19.9. The van der Waals surface area contributed by atoms with E-state index in [1.807, 2.05) is 30.3 Å². The first-order valence-electron chi connectivity index (χ1n) is 9.31. The van der Waals surface area contributed by atoms with Gasteiger partial charge in [0.2, 0.25) is 0 Å². The summed E-state index contributed by atoms with van der Waals surface area (Å²) in [6, 6.07) is 15.6. The third-order valence-corrected chi connectivity index (χ3v) is 4.94. The van der Waals surface area contributed by atoms with E-state index in [1.54, 1.807) is 10.9 Å². The standard InChI is InChI=1S/C21H25Cl2N5/c1-27(2)12-6-11-24-14-20-21(16-7-4-3-5-8-16)26-28(25-20)15-17-9-10-18(22)13-19(17)23/h3-5,7-10,13,24H,6,11-12,14-15H2,1-2H3. The van der Waals surface area contributed by atoms with Gasteiger partial charge >= 0.3 is 0 Å². The largest absolute Gasteiger partial charge is 0.311 e. The lowest BCUT2D eigenvalue weighted by atomic mass is 10.1. The van der Waals surface area contributed by atoms with Gasteiger partial charge in [0.25, 0.3) is 0 Å². The molecule has 1 N–H and O–H groups in total. The zero-order valence-corrected chi connectivity index (χ0v) is 17.7. The van der Waals surface area contributed by atoms with Gasteiger partial charge in [0.05, 0.1) is 6.54 Å². The van der Waals surface area contributed by atoms with Crippen LogP contribution in [0.5, 0.6) is 0 Å². The molecule has 28 heavy (non-hydrogen) atoms. The minimum absolute atomic E-state index is 0.496. The molecule has 0 spiro atoms. The summed E-state index contributed by atoms with van der Waals surface area (Å²) >= 11 is 12.3. The number of halogens is 2. The lowest BCUT2D eigenvalue weighted by molar-refractivity contribution is 0.394. The van der Waals surface area contributed by atoms with Crippen LogP contribution in [-0.4, -0.2) is 47.1 Å². The number of benzene rings is 2. The van der Waals surface area contributed by atoms with Crippen LogP contribution < -0.4 is 5.32 Å². The van der Waals surface area contributed by atoms with Crippen LogP contribution in [0.1, 0.15) is 17.7 Å². The summed E-state index contributed by atoms with van der Waals surface area (Å²) in [6.45, 7) is 3.16. The molecule has 7 heteroatoms. The Labute approximate surface area is 176 Å². The lowest BCUT2D eigenvalue weighted by Crippen LogP contribution is -2.21. The van der Waals surface area contributed by atoms with Crippen LogP contribution in [0.25, 0.3) is 11.3 Å². The van der Waals surface area contributed by atoms with E-state index in [-0.39, 0.29) is 0 Å². The number of nitrogens with zero attached hydrogens (tertiary/aromatic N) is 4. The third kappa shape index (κ3) is 5.79. The van der Waals surface area contributed by atoms with Crippen molar-refractivity contribution in [2.45, 2.75) is 19.5 Å². The number of nitrogens with one attached hydrogen (secondary N) is 1. The van der Waals surface area contributed by atoms with Gasteiger partial charge in [-0.3, -0.25) is 0 Å². The number of rotatable bonds is 9. The normalized spacial score (nSPS) is 11.3. The van der Waals surface area contributed by atoms with Gasteiger partial charge in [-0.1, -0.05) is 59.6 Å². The van der Waals surface area contributed by atoms with Crippen LogP contribution in [0.15, 0.2) is 48.5 Å². The van der Waals surface area contributed by atoms with Crippen LogP contribution in [-0.2, 0) is 13.1 Å². The van der Waals surface area contributed by atoms with E-state index in [0.717, 1.165) is 42.0 Å². The van der Waals surface area contributed by atoms with E-state index in [2.05, 4.69) is 36.4 Å². The Hall–Kier alpha value is -1.92. The molecule has 2 aromatic carbocycles. The molecule has 0 saturated heterocycles. The molecule has 3 aromatic rings. The highest BCUT2D eigenvalue weighted by Crippen LogP contribution is 2.23. The molecule has 1 heterocycles. The Bertz CT molecular complexity index is 893. The summed E-state index contributed by atoms with van der Waals surface area (Å²) < 4.78 is 0. The first-order valence-corrected chi connectivity index (χ1v) is 10.1.